The predicted molar refractivity (Wildman–Crippen MR) is 112 cm³/mol. The number of nitrogens with zero attached hydrogens (tertiary/aromatic N) is 2. The van der Waals surface area contributed by atoms with Gasteiger partial charge in [-0.3, -0.25) is 9.36 Å². The lowest BCUT2D eigenvalue weighted by Gasteiger charge is -2.28. The van der Waals surface area contributed by atoms with Crippen molar-refractivity contribution in [2.75, 3.05) is 12.4 Å². The molecule has 0 fully saturated rings. The smallest absolute Gasteiger partial charge is 0.243 e. The molecule has 2 atom stereocenters. The Kier molecular flexibility index (Phi) is 4.75. The number of carbonyl (C=O) groups is 1. The molecule has 1 amide bonds. The molecule has 1 aliphatic rings. The monoisotopic (exact) mass is 407 g/mol. The van der Waals surface area contributed by atoms with E-state index in [0.29, 0.717) is 9.77 Å². The number of hydrogen-bond acceptors (Lipinski definition) is 5. The first-order chi connectivity index (χ1) is 13.5. The molecule has 28 heavy (non-hydrogen) atoms. The van der Waals surface area contributed by atoms with Crippen molar-refractivity contribution in [1.29, 1.82) is 5.26 Å². The molecular weight excluding hydrogens is 390 g/mol. The molecule has 0 radical (unpaired) electrons. The number of methoxy groups -OCH3 is 1. The summed E-state index contributed by atoms with van der Waals surface area (Å²) in [6, 6.07) is 17.5. The van der Waals surface area contributed by atoms with Crippen molar-refractivity contribution in [2.24, 2.45) is 5.92 Å². The zero-order valence-corrected chi connectivity index (χ0v) is 16.9. The first kappa shape index (κ1) is 18.4. The fourth-order valence-corrected chi connectivity index (χ4v) is 5.10. The maximum atomic E-state index is 12.8. The molecule has 0 bridgehead atoms. The molecule has 0 spiro atoms. The van der Waals surface area contributed by atoms with E-state index in [0.717, 1.165) is 27.4 Å². The Labute approximate surface area is 171 Å². The van der Waals surface area contributed by atoms with Gasteiger partial charge < -0.3 is 10.1 Å². The fraction of sp³-hybridized carbons (Fsp3) is 0.190. The Bertz CT molecular complexity index is 1160. The van der Waals surface area contributed by atoms with Crippen LogP contribution in [0.2, 0.25) is 0 Å². The number of carbonyl (C=O) groups excluding carboxylic acids is 1. The quantitative estimate of drug-likeness (QED) is 0.633. The van der Waals surface area contributed by atoms with Crippen molar-refractivity contribution in [3.05, 3.63) is 68.5 Å². The molecule has 3 aromatic rings. The van der Waals surface area contributed by atoms with Gasteiger partial charge in [0, 0.05) is 5.92 Å². The number of thiazole rings is 1. The number of para-hydroxylation sites is 1. The van der Waals surface area contributed by atoms with Crippen molar-refractivity contribution in [2.45, 2.75) is 12.8 Å². The first-order valence-corrected chi connectivity index (χ1v) is 9.93. The van der Waals surface area contributed by atoms with E-state index >= 15 is 0 Å². The second-order valence-corrected chi connectivity index (χ2v) is 8.23. The zero-order chi connectivity index (χ0) is 19.8. The third-order valence-electron chi connectivity index (χ3n) is 4.95. The average Bonchev–Trinajstić information content (AvgIpc) is 3.02. The maximum absolute atomic E-state index is 12.8. The van der Waals surface area contributed by atoms with Crippen LogP contribution >= 0.6 is 23.6 Å². The molecule has 1 aliphatic heterocycles. The van der Waals surface area contributed by atoms with Gasteiger partial charge in [0.15, 0.2) is 3.95 Å². The number of benzene rings is 2. The highest BCUT2D eigenvalue weighted by atomic mass is 32.1. The molecule has 0 aliphatic carbocycles. The molecule has 0 saturated carbocycles. The van der Waals surface area contributed by atoms with E-state index in [1.807, 2.05) is 60.0 Å². The molecule has 5 nitrogen and oxygen atoms in total. The largest absolute Gasteiger partial charge is 0.497 e. The van der Waals surface area contributed by atoms with Crippen molar-refractivity contribution < 1.29 is 9.53 Å². The van der Waals surface area contributed by atoms with Gasteiger partial charge >= 0.3 is 0 Å². The number of amides is 1. The Morgan fingerprint density at radius 3 is 2.57 bits per heavy atom. The summed E-state index contributed by atoms with van der Waals surface area (Å²) in [7, 11) is 1.60. The van der Waals surface area contributed by atoms with Gasteiger partial charge in [-0.2, -0.15) is 5.26 Å². The highest BCUT2D eigenvalue weighted by Gasteiger charge is 2.40. The van der Waals surface area contributed by atoms with Crippen LogP contribution in [-0.2, 0) is 4.79 Å². The summed E-state index contributed by atoms with van der Waals surface area (Å²) >= 11 is 7.08. The first-order valence-electron chi connectivity index (χ1n) is 8.71. The summed E-state index contributed by atoms with van der Waals surface area (Å²) in [5.41, 5.74) is 2.86. The Morgan fingerprint density at radius 1 is 1.21 bits per heavy atom. The summed E-state index contributed by atoms with van der Waals surface area (Å²) in [5.74, 6) is -0.133. The topological polar surface area (TPSA) is 67.0 Å². The zero-order valence-electron chi connectivity index (χ0n) is 15.3. The van der Waals surface area contributed by atoms with Crippen LogP contribution in [0.4, 0.5) is 5.82 Å². The third-order valence-corrected chi connectivity index (χ3v) is 6.40. The molecule has 7 heteroatoms. The lowest BCUT2D eigenvalue weighted by Crippen LogP contribution is -2.33. The standard InChI is InChI=1S/C21H17N3O2S2/c1-12-5-3-4-6-16(12)24-19-18(28-21(24)27)17(15(11-22)20(25)23-19)13-7-9-14(26-2)10-8-13/h3-10,15,17H,1-2H3,(H,23,25). The maximum Gasteiger partial charge on any atom is 0.243 e. The van der Waals surface area contributed by atoms with E-state index in [1.54, 1.807) is 7.11 Å². The van der Waals surface area contributed by atoms with E-state index in [2.05, 4.69) is 11.4 Å². The number of fused-ring (bicyclic) bond motifs is 1. The predicted octanol–water partition coefficient (Wildman–Crippen LogP) is 4.81. The lowest BCUT2D eigenvalue weighted by molar-refractivity contribution is -0.119. The minimum Gasteiger partial charge on any atom is -0.497 e. The number of nitrogens with one attached hydrogen (secondary N) is 1. The molecular formula is C21H17N3O2S2. The second kappa shape index (κ2) is 7.23. The minimum absolute atomic E-state index is 0.314. The van der Waals surface area contributed by atoms with Gasteiger partial charge in [0.2, 0.25) is 5.91 Å². The van der Waals surface area contributed by atoms with E-state index < -0.39 is 5.92 Å². The van der Waals surface area contributed by atoms with Crippen molar-refractivity contribution in [3.63, 3.8) is 0 Å². The van der Waals surface area contributed by atoms with Crippen LogP contribution in [0.3, 0.4) is 0 Å². The second-order valence-electron chi connectivity index (χ2n) is 6.55. The molecule has 0 saturated heterocycles. The number of aryl methyl sites for hydroxylation is 1. The molecule has 4 rings (SSSR count). The Morgan fingerprint density at radius 2 is 1.93 bits per heavy atom. The third kappa shape index (κ3) is 2.91. The summed E-state index contributed by atoms with van der Waals surface area (Å²) in [6.07, 6.45) is 0. The fourth-order valence-electron chi connectivity index (χ4n) is 3.54. The SMILES string of the molecule is COc1ccc(C2c3sc(=S)n(-c4ccccc4C)c3NC(=O)C2C#N)cc1. The van der Waals surface area contributed by atoms with E-state index in [4.69, 9.17) is 17.0 Å². The molecule has 140 valence electrons. The van der Waals surface area contributed by atoms with Gasteiger partial charge in [-0.05, 0) is 48.5 Å². The summed E-state index contributed by atoms with van der Waals surface area (Å²) in [6.45, 7) is 2.00. The molecule has 2 heterocycles. The number of hydrogen-bond donors (Lipinski definition) is 1. The van der Waals surface area contributed by atoms with Gasteiger partial charge in [-0.25, -0.2) is 0 Å². The van der Waals surface area contributed by atoms with Crippen LogP contribution in [0.15, 0.2) is 48.5 Å². The molecule has 1 aromatic heterocycles. The van der Waals surface area contributed by atoms with E-state index in [1.165, 1.54) is 11.3 Å². The number of aromatic nitrogens is 1. The molecule has 1 N–H and O–H groups in total. The highest BCUT2D eigenvalue weighted by Crippen LogP contribution is 2.45. The van der Waals surface area contributed by atoms with Crippen molar-refractivity contribution >= 4 is 35.3 Å². The van der Waals surface area contributed by atoms with Gasteiger partial charge in [-0.15, -0.1) is 11.3 Å². The van der Waals surface area contributed by atoms with Crippen LogP contribution in [0.5, 0.6) is 5.75 Å². The van der Waals surface area contributed by atoms with Crippen LogP contribution < -0.4 is 10.1 Å². The van der Waals surface area contributed by atoms with Gasteiger partial charge in [0.05, 0.1) is 23.7 Å². The number of anilines is 1. The van der Waals surface area contributed by atoms with Crippen molar-refractivity contribution in [3.8, 4) is 17.5 Å². The number of rotatable bonds is 3. The lowest BCUT2D eigenvalue weighted by atomic mass is 9.83. The van der Waals surface area contributed by atoms with Gasteiger partial charge in [0.1, 0.15) is 17.5 Å². The average molecular weight is 408 g/mol. The Hall–Kier alpha value is -2.95. The molecule has 2 aromatic carbocycles. The van der Waals surface area contributed by atoms with Crippen LogP contribution in [0.1, 0.15) is 21.9 Å². The summed E-state index contributed by atoms with van der Waals surface area (Å²) < 4.78 is 7.76. The summed E-state index contributed by atoms with van der Waals surface area (Å²) in [5, 5.41) is 12.6. The van der Waals surface area contributed by atoms with Crippen LogP contribution in [0, 0.1) is 28.1 Å². The van der Waals surface area contributed by atoms with Crippen molar-refractivity contribution in [1.82, 2.24) is 4.57 Å². The number of ether oxygens (including phenoxy) is 1. The van der Waals surface area contributed by atoms with E-state index in [-0.39, 0.29) is 11.8 Å². The van der Waals surface area contributed by atoms with E-state index in [9.17, 15) is 10.1 Å². The normalized spacial score (nSPS) is 18.1. The van der Waals surface area contributed by atoms with Gasteiger partial charge in [0.25, 0.3) is 0 Å². The summed E-state index contributed by atoms with van der Waals surface area (Å²) in [4.78, 5) is 13.7. The minimum atomic E-state index is -0.820. The van der Waals surface area contributed by atoms with Gasteiger partial charge in [-0.1, -0.05) is 30.3 Å². The van der Waals surface area contributed by atoms with Crippen LogP contribution in [-0.4, -0.2) is 17.6 Å². The molecule has 2 unspecified atom stereocenters. The number of nitriles is 1. The van der Waals surface area contributed by atoms with Crippen LogP contribution in [0.25, 0.3) is 5.69 Å². The Balaban J connectivity index is 1.93. The highest BCUT2D eigenvalue weighted by molar-refractivity contribution is 7.73.